The maximum absolute atomic E-state index is 13.7. The molecule has 0 N–H and O–H groups in total. The first-order valence-electron chi connectivity index (χ1n) is 45.9. The van der Waals surface area contributed by atoms with Crippen LogP contribution in [0.4, 0.5) is 0 Å². The van der Waals surface area contributed by atoms with Crippen molar-refractivity contribution in [2.75, 3.05) is 105 Å². The van der Waals surface area contributed by atoms with E-state index in [1.807, 2.05) is 72.8 Å². The Morgan fingerprint density at radius 1 is 0.397 bits per heavy atom. The number of likely N-dealkylation sites (tertiary alicyclic amines) is 4. The second kappa shape index (κ2) is 57.5. The Labute approximate surface area is 702 Å². The second-order valence-corrected chi connectivity index (χ2v) is 35.5. The topological polar surface area (TPSA) is 171 Å². The highest BCUT2D eigenvalue weighted by Crippen LogP contribution is 2.33. The molecule has 3 aromatic rings. The van der Waals surface area contributed by atoms with Gasteiger partial charge in [-0.3, -0.25) is 24.0 Å². The molecule has 0 amide bonds. The van der Waals surface area contributed by atoms with Crippen LogP contribution in [0.1, 0.15) is 313 Å². The first-order valence-corrected chi connectivity index (χ1v) is 45.9. The second-order valence-electron chi connectivity index (χ2n) is 35.5. The van der Waals surface area contributed by atoms with Gasteiger partial charge in [0.25, 0.3) is 0 Å². The fraction of sp³-hybridized carbons (Fsp3) is 0.680. The molecule has 116 heavy (non-hydrogen) atoms. The van der Waals surface area contributed by atoms with Crippen molar-refractivity contribution in [3.63, 3.8) is 0 Å². The van der Waals surface area contributed by atoms with E-state index >= 15 is 0 Å². The molecular formula is C100H156N4O12. The molecule has 0 radical (unpaired) electrons. The number of benzene rings is 3. The number of hydrogen-bond donors (Lipinski definition) is 0. The zero-order chi connectivity index (χ0) is 83.4. The van der Waals surface area contributed by atoms with Crippen LogP contribution in [-0.4, -0.2) is 173 Å². The maximum Gasteiger partial charge on any atom is 0.338 e. The number of hydrogen-bond acceptors (Lipinski definition) is 16. The van der Waals surface area contributed by atoms with E-state index in [0.717, 1.165) is 203 Å². The number of ether oxygens (including phenoxy) is 6. The minimum Gasteiger partial charge on any atom is -0.465 e. The summed E-state index contributed by atoms with van der Waals surface area (Å²) in [6.07, 6.45) is 52.0. The van der Waals surface area contributed by atoms with Gasteiger partial charge in [-0.2, -0.15) is 0 Å². The van der Waals surface area contributed by atoms with Gasteiger partial charge < -0.3 is 48.0 Å². The van der Waals surface area contributed by atoms with Gasteiger partial charge in [0.1, 0.15) is 39.6 Å². The number of carbonyl (C=O) groups is 6. The lowest BCUT2D eigenvalue weighted by atomic mass is 9.79. The van der Waals surface area contributed by atoms with Crippen LogP contribution in [-0.2, 0) is 69.6 Å². The van der Waals surface area contributed by atoms with Crippen molar-refractivity contribution in [2.45, 2.75) is 310 Å². The largest absolute Gasteiger partial charge is 0.465 e. The standard InChI is InChI=1S/C50H74N2O6.C50H82N2O6/c1-3-5-6-7-8-9-10-11-12-13-14-15-16-17-24-29-48(53)56-39-43(40-57-49(54)45-30-36-52(37-31-45)46-32-34-51(4-2)35-33-46)41-58-50(55)47(44-27-22-19-23-28-44)38-42-25-20-18-21-26-42;1-9-11-12-13-14-15-16-17-18-19-20-21-22-23-24-25-46(53)56-37-40(39-58-48(55)42-34-43(49(3,4)5)36-44(35-42)50(6,7)8)38-57-47(54)41-26-32-52(33-27-41)45-28-30-51(10-2)31-29-45/h8-9,11-12,18-23,25-28,43,45-47H,3-7,10,13-17,24,29-41H2,1-2H3;14-15,17-18,34-36,40-41,45H,9-13,16,19-33,37-39H2,1-8H3/b9-8-,12-11-;15-14-,18-17-. The first-order chi connectivity index (χ1) is 56.2. The lowest BCUT2D eigenvalue weighted by molar-refractivity contribution is -0.158. The smallest absolute Gasteiger partial charge is 0.338 e. The Hall–Kier alpha value is -6.72. The molecule has 4 saturated heterocycles. The van der Waals surface area contributed by atoms with Crippen LogP contribution >= 0.6 is 0 Å². The molecule has 7 rings (SSSR count). The number of piperidine rings is 4. The van der Waals surface area contributed by atoms with E-state index in [9.17, 15) is 28.8 Å². The molecule has 0 spiro atoms. The molecule has 648 valence electrons. The summed E-state index contributed by atoms with van der Waals surface area (Å²) in [6.45, 7) is 32.3. The zero-order valence-corrected chi connectivity index (χ0v) is 74.0. The van der Waals surface area contributed by atoms with E-state index in [1.165, 1.54) is 77.0 Å². The molecule has 3 aromatic carbocycles. The van der Waals surface area contributed by atoms with Gasteiger partial charge in [0.15, 0.2) is 0 Å². The van der Waals surface area contributed by atoms with E-state index in [2.05, 4.69) is 144 Å². The van der Waals surface area contributed by atoms with Crippen molar-refractivity contribution in [2.24, 2.45) is 23.7 Å². The number of rotatable bonds is 51. The summed E-state index contributed by atoms with van der Waals surface area (Å²) in [5, 5.41) is 0. The molecule has 3 unspecified atom stereocenters. The van der Waals surface area contributed by atoms with E-state index in [1.54, 1.807) is 0 Å². The monoisotopic (exact) mass is 1610 g/mol. The number of unbranched alkanes of at least 4 members (excludes halogenated alkanes) is 16. The van der Waals surface area contributed by atoms with Crippen molar-refractivity contribution in [1.29, 1.82) is 0 Å². The lowest BCUT2D eigenvalue weighted by Crippen LogP contribution is -2.48. The number of allylic oxidation sites excluding steroid dienone is 8. The zero-order valence-electron chi connectivity index (χ0n) is 74.0. The van der Waals surface area contributed by atoms with Crippen molar-refractivity contribution >= 4 is 35.8 Å². The summed E-state index contributed by atoms with van der Waals surface area (Å²) < 4.78 is 35.1. The van der Waals surface area contributed by atoms with Gasteiger partial charge in [-0.1, -0.05) is 249 Å². The van der Waals surface area contributed by atoms with Crippen molar-refractivity contribution in [3.05, 3.63) is 155 Å². The van der Waals surface area contributed by atoms with E-state index in [4.69, 9.17) is 28.4 Å². The van der Waals surface area contributed by atoms with Crippen molar-refractivity contribution in [1.82, 2.24) is 19.6 Å². The highest BCUT2D eigenvalue weighted by atomic mass is 16.6. The van der Waals surface area contributed by atoms with Crippen molar-refractivity contribution in [3.8, 4) is 0 Å². The van der Waals surface area contributed by atoms with Crippen LogP contribution in [0.2, 0.25) is 0 Å². The number of nitrogens with zero attached hydrogens (tertiary/aromatic N) is 4. The number of esters is 6. The molecule has 16 heteroatoms. The van der Waals surface area contributed by atoms with Crippen LogP contribution in [0.25, 0.3) is 0 Å². The van der Waals surface area contributed by atoms with Crippen LogP contribution < -0.4 is 0 Å². The summed E-state index contributed by atoms with van der Waals surface area (Å²) in [5.74, 6) is -3.43. The lowest BCUT2D eigenvalue weighted by Gasteiger charge is -2.41. The van der Waals surface area contributed by atoms with E-state index < -0.39 is 23.7 Å². The maximum atomic E-state index is 13.7. The van der Waals surface area contributed by atoms with Gasteiger partial charge in [-0.25, -0.2) is 4.79 Å². The normalized spacial score (nSPS) is 17.2. The predicted octanol–water partition coefficient (Wildman–Crippen LogP) is 21.4. The molecule has 4 aliphatic rings. The molecule has 4 aliphatic heterocycles. The Morgan fingerprint density at radius 2 is 0.759 bits per heavy atom. The Balaban J connectivity index is 0.000000361. The summed E-state index contributed by atoms with van der Waals surface area (Å²) in [7, 11) is 0. The summed E-state index contributed by atoms with van der Waals surface area (Å²) in [5.41, 5.74) is 4.26. The van der Waals surface area contributed by atoms with E-state index in [0.29, 0.717) is 36.9 Å². The average molecular weight is 1610 g/mol. The van der Waals surface area contributed by atoms with Gasteiger partial charge in [0.2, 0.25) is 0 Å². The van der Waals surface area contributed by atoms with Gasteiger partial charge in [0.05, 0.1) is 35.2 Å². The molecular weight excluding hydrogens is 1450 g/mol. The van der Waals surface area contributed by atoms with E-state index in [-0.39, 0.29) is 92.2 Å². The third-order valence-corrected chi connectivity index (χ3v) is 23.9. The Morgan fingerprint density at radius 3 is 1.16 bits per heavy atom. The fourth-order valence-electron chi connectivity index (χ4n) is 15.9. The van der Waals surface area contributed by atoms with Gasteiger partial charge in [0, 0.05) is 24.9 Å². The SMILES string of the molecule is CCCCC/C=C\C/C=C\CCCCCCCC(=O)OCC(COC(=O)C1CCN(C2CCN(CC)CC2)CC1)COC(=O)C(Cc1ccccc1)c1ccccc1.CCCCC/C=C\C/C=C\CCCCCCCC(=O)OCC(COC(=O)c1cc(C(C)(C)C)cc(C(C)(C)C)c1)COC(=O)C1CCN(C2CCN(CC)CC2)CC1. The van der Waals surface area contributed by atoms with Gasteiger partial charge in [-0.15, -0.1) is 0 Å². The predicted molar refractivity (Wildman–Crippen MR) is 473 cm³/mol. The number of carbonyl (C=O) groups excluding carboxylic acids is 6. The molecule has 0 aliphatic carbocycles. The molecule has 0 bridgehead atoms. The molecule has 0 aromatic heterocycles. The average Bonchev–Trinajstić information content (AvgIpc) is 0.798. The van der Waals surface area contributed by atoms with Crippen molar-refractivity contribution < 1.29 is 57.2 Å². The molecule has 16 nitrogen and oxygen atoms in total. The quantitative estimate of drug-likeness (QED) is 0.0226. The molecule has 4 heterocycles. The van der Waals surface area contributed by atoms with Gasteiger partial charge >= 0.3 is 35.8 Å². The summed E-state index contributed by atoms with van der Waals surface area (Å²) in [4.78, 5) is 89.7. The van der Waals surface area contributed by atoms with Gasteiger partial charge in [-0.05, 0) is 246 Å². The third-order valence-electron chi connectivity index (χ3n) is 23.9. The summed E-state index contributed by atoms with van der Waals surface area (Å²) >= 11 is 0. The highest BCUT2D eigenvalue weighted by Gasteiger charge is 2.35. The Bertz CT molecular complexity index is 3270. The van der Waals surface area contributed by atoms with Crippen LogP contribution in [0.3, 0.4) is 0 Å². The first kappa shape index (κ1) is 98.1. The van der Waals surface area contributed by atoms with Crippen LogP contribution in [0.15, 0.2) is 127 Å². The summed E-state index contributed by atoms with van der Waals surface area (Å²) in [6, 6.07) is 26.8. The van der Waals surface area contributed by atoms with Crippen LogP contribution in [0.5, 0.6) is 0 Å². The minimum absolute atomic E-state index is 0.00386. The Kier molecular flexibility index (Phi) is 48.6. The molecule has 0 saturated carbocycles. The molecule has 4 fully saturated rings. The minimum atomic E-state index is -0.493. The third kappa shape index (κ3) is 40.4. The highest BCUT2D eigenvalue weighted by molar-refractivity contribution is 5.90. The fourth-order valence-corrected chi connectivity index (χ4v) is 15.9. The molecule has 3 atom stereocenters. The van der Waals surface area contributed by atoms with Crippen LogP contribution in [0, 0.1) is 23.7 Å².